The summed E-state index contributed by atoms with van der Waals surface area (Å²) in [5.41, 5.74) is 5.68. The van der Waals surface area contributed by atoms with Crippen molar-refractivity contribution in [2.24, 2.45) is 10.7 Å². The highest BCUT2D eigenvalue weighted by atomic mass is 32.2. The van der Waals surface area contributed by atoms with Gasteiger partial charge in [0.05, 0.1) is 6.54 Å². The number of aliphatic imine (C=N–C) groups is 1. The average molecular weight is 213 g/mol. The van der Waals surface area contributed by atoms with Crippen LogP contribution in [0.2, 0.25) is 0 Å². The monoisotopic (exact) mass is 213 g/mol. The van der Waals surface area contributed by atoms with Gasteiger partial charge in [0.25, 0.3) is 0 Å². The van der Waals surface area contributed by atoms with E-state index in [1.54, 1.807) is 6.08 Å². The van der Waals surface area contributed by atoms with Gasteiger partial charge in [-0.2, -0.15) is 11.8 Å². The van der Waals surface area contributed by atoms with E-state index in [0.717, 1.165) is 6.54 Å². The van der Waals surface area contributed by atoms with Crippen molar-refractivity contribution < 1.29 is 0 Å². The summed E-state index contributed by atoms with van der Waals surface area (Å²) in [6.07, 6.45) is 4.32. The van der Waals surface area contributed by atoms with Gasteiger partial charge in [-0.1, -0.05) is 6.08 Å². The lowest BCUT2D eigenvalue weighted by Crippen LogP contribution is -2.33. The topological polar surface area (TPSA) is 50.4 Å². The molecule has 1 saturated heterocycles. The first-order chi connectivity index (χ1) is 6.66. The van der Waals surface area contributed by atoms with Crippen molar-refractivity contribution in [2.75, 3.05) is 18.8 Å². The Hall–Kier alpha value is -0.640. The molecule has 3 nitrogen and oxygen atoms in total. The lowest BCUT2D eigenvalue weighted by atomic mass is 10.1. The molecule has 0 saturated carbocycles. The zero-order valence-corrected chi connectivity index (χ0v) is 9.57. The van der Waals surface area contributed by atoms with Gasteiger partial charge in [-0.3, -0.25) is 4.99 Å². The van der Waals surface area contributed by atoms with Crippen molar-refractivity contribution in [2.45, 2.75) is 24.5 Å². The minimum absolute atomic E-state index is 0.306. The van der Waals surface area contributed by atoms with E-state index in [1.165, 1.54) is 18.6 Å². The molecule has 1 fully saturated rings. The van der Waals surface area contributed by atoms with Crippen LogP contribution in [0, 0.1) is 0 Å². The smallest absolute Gasteiger partial charge is 0.188 e. The third-order valence-corrected chi connectivity index (χ3v) is 3.83. The summed E-state index contributed by atoms with van der Waals surface area (Å²) in [6.45, 7) is 7.36. The number of nitrogens with two attached hydrogens (primary N) is 1. The van der Waals surface area contributed by atoms with Gasteiger partial charge < -0.3 is 11.1 Å². The van der Waals surface area contributed by atoms with E-state index in [0.29, 0.717) is 17.3 Å². The Morgan fingerprint density at radius 3 is 3.14 bits per heavy atom. The molecule has 1 aliphatic rings. The fraction of sp³-hybridized carbons (Fsp3) is 0.700. The minimum Gasteiger partial charge on any atom is -0.370 e. The maximum atomic E-state index is 5.68. The highest BCUT2D eigenvalue weighted by molar-refractivity contribution is 8.00. The SMILES string of the molecule is C=CCNC(N)=NCC1(C)CCCS1. The maximum Gasteiger partial charge on any atom is 0.188 e. The van der Waals surface area contributed by atoms with Crippen molar-refractivity contribution >= 4 is 17.7 Å². The quantitative estimate of drug-likeness (QED) is 0.421. The fourth-order valence-electron chi connectivity index (χ4n) is 1.45. The Morgan fingerprint density at radius 1 is 1.79 bits per heavy atom. The van der Waals surface area contributed by atoms with Crippen LogP contribution in [0.3, 0.4) is 0 Å². The van der Waals surface area contributed by atoms with E-state index < -0.39 is 0 Å². The first-order valence-corrected chi connectivity index (χ1v) is 5.93. The van der Waals surface area contributed by atoms with Gasteiger partial charge in [-0.05, 0) is 25.5 Å². The molecule has 1 heterocycles. The van der Waals surface area contributed by atoms with Crippen molar-refractivity contribution in [1.82, 2.24) is 5.32 Å². The Balaban J connectivity index is 2.32. The summed E-state index contributed by atoms with van der Waals surface area (Å²) in [6, 6.07) is 0. The fourth-order valence-corrected chi connectivity index (χ4v) is 2.67. The summed E-state index contributed by atoms with van der Waals surface area (Å²) in [5.74, 6) is 1.78. The zero-order chi connectivity index (χ0) is 10.4. The molecule has 14 heavy (non-hydrogen) atoms. The maximum absolute atomic E-state index is 5.68. The van der Waals surface area contributed by atoms with E-state index in [4.69, 9.17) is 5.73 Å². The molecule has 0 aromatic heterocycles. The lowest BCUT2D eigenvalue weighted by molar-refractivity contribution is 0.617. The Kier molecular flexibility index (Phi) is 4.32. The standard InChI is InChI=1S/C10H19N3S/c1-3-6-12-9(11)13-8-10(2)5-4-7-14-10/h3H,1,4-8H2,2H3,(H3,11,12,13). The molecule has 80 valence electrons. The van der Waals surface area contributed by atoms with E-state index in [-0.39, 0.29) is 0 Å². The molecule has 4 heteroatoms. The van der Waals surface area contributed by atoms with Crippen LogP contribution >= 0.6 is 11.8 Å². The molecule has 1 unspecified atom stereocenters. The number of guanidine groups is 1. The van der Waals surface area contributed by atoms with Gasteiger partial charge in [0, 0.05) is 11.3 Å². The molecule has 0 aliphatic carbocycles. The van der Waals surface area contributed by atoms with E-state index in [9.17, 15) is 0 Å². The molecule has 1 aliphatic heterocycles. The minimum atomic E-state index is 0.306. The van der Waals surface area contributed by atoms with Crippen LogP contribution in [0.1, 0.15) is 19.8 Å². The van der Waals surface area contributed by atoms with Crippen molar-refractivity contribution in [3.05, 3.63) is 12.7 Å². The molecule has 0 spiro atoms. The van der Waals surface area contributed by atoms with Crippen LogP contribution in [0.5, 0.6) is 0 Å². The van der Waals surface area contributed by atoms with Crippen LogP contribution in [0.25, 0.3) is 0 Å². The van der Waals surface area contributed by atoms with Crippen LogP contribution in [-0.2, 0) is 0 Å². The van der Waals surface area contributed by atoms with Gasteiger partial charge in [0.15, 0.2) is 5.96 Å². The second-order valence-corrected chi connectivity index (χ2v) is 5.46. The van der Waals surface area contributed by atoms with Crippen molar-refractivity contribution in [3.8, 4) is 0 Å². The first kappa shape index (κ1) is 11.4. The third-order valence-electron chi connectivity index (χ3n) is 2.31. The van der Waals surface area contributed by atoms with Gasteiger partial charge in [0.1, 0.15) is 0 Å². The molecule has 1 atom stereocenters. The van der Waals surface area contributed by atoms with Crippen molar-refractivity contribution in [3.63, 3.8) is 0 Å². The van der Waals surface area contributed by atoms with Crippen LogP contribution in [0.15, 0.2) is 17.6 Å². The normalized spacial score (nSPS) is 27.6. The molecule has 3 N–H and O–H groups in total. The predicted octanol–water partition coefficient (Wildman–Crippen LogP) is 1.36. The number of hydrogen-bond acceptors (Lipinski definition) is 2. The first-order valence-electron chi connectivity index (χ1n) is 4.95. The number of hydrogen-bond donors (Lipinski definition) is 2. The summed E-state index contributed by atoms with van der Waals surface area (Å²) < 4.78 is 0.306. The summed E-state index contributed by atoms with van der Waals surface area (Å²) in [7, 11) is 0. The number of nitrogens with one attached hydrogen (secondary N) is 1. The Labute approximate surface area is 90.2 Å². The molecule has 0 aromatic rings. The van der Waals surface area contributed by atoms with Gasteiger partial charge in [-0.25, -0.2) is 0 Å². The van der Waals surface area contributed by atoms with Gasteiger partial charge in [0.2, 0.25) is 0 Å². The predicted molar refractivity (Wildman–Crippen MR) is 64.8 cm³/mol. The van der Waals surface area contributed by atoms with E-state index in [2.05, 4.69) is 23.8 Å². The van der Waals surface area contributed by atoms with Crippen molar-refractivity contribution in [1.29, 1.82) is 0 Å². The summed E-state index contributed by atoms with van der Waals surface area (Å²) in [4.78, 5) is 4.33. The average Bonchev–Trinajstić information content (AvgIpc) is 2.60. The second-order valence-electron chi connectivity index (χ2n) is 3.77. The number of rotatable bonds is 4. The highest BCUT2D eigenvalue weighted by Gasteiger charge is 2.28. The second kappa shape index (κ2) is 5.29. The lowest BCUT2D eigenvalue weighted by Gasteiger charge is -2.19. The van der Waals surface area contributed by atoms with Crippen LogP contribution < -0.4 is 11.1 Å². The van der Waals surface area contributed by atoms with Gasteiger partial charge >= 0.3 is 0 Å². The molecule has 1 rings (SSSR count). The van der Waals surface area contributed by atoms with E-state index >= 15 is 0 Å². The molecular formula is C10H19N3S. The molecular weight excluding hydrogens is 194 g/mol. The number of thioether (sulfide) groups is 1. The molecule has 0 aromatic carbocycles. The third kappa shape index (κ3) is 3.62. The summed E-state index contributed by atoms with van der Waals surface area (Å²) >= 11 is 2.00. The Bertz CT molecular complexity index is 219. The zero-order valence-electron chi connectivity index (χ0n) is 8.75. The van der Waals surface area contributed by atoms with Crippen LogP contribution in [0.4, 0.5) is 0 Å². The molecule has 0 radical (unpaired) electrons. The highest BCUT2D eigenvalue weighted by Crippen LogP contribution is 2.37. The number of nitrogens with zero attached hydrogens (tertiary/aromatic N) is 1. The van der Waals surface area contributed by atoms with Gasteiger partial charge in [-0.15, -0.1) is 6.58 Å². The molecule has 0 amide bonds. The summed E-state index contributed by atoms with van der Waals surface area (Å²) in [5, 5.41) is 2.97. The molecule has 0 bridgehead atoms. The van der Waals surface area contributed by atoms with E-state index in [1.807, 2.05) is 11.8 Å². The van der Waals surface area contributed by atoms with Crippen LogP contribution in [-0.4, -0.2) is 29.5 Å². The Morgan fingerprint density at radius 2 is 2.57 bits per heavy atom. The largest absolute Gasteiger partial charge is 0.370 e.